The molecule has 0 aromatic rings. The number of oxime groups is 1. The van der Waals surface area contributed by atoms with Crippen LogP contribution >= 0.6 is 0 Å². The summed E-state index contributed by atoms with van der Waals surface area (Å²) in [6.07, 6.45) is 0.0926. The molecule has 44 valence electrons. The lowest BCUT2D eigenvalue weighted by Crippen LogP contribution is -2.03. The quantitative estimate of drug-likeness (QED) is 0.462. The lowest BCUT2D eigenvalue weighted by Gasteiger charge is -1.97. The first-order valence-electron chi connectivity index (χ1n) is 2.61. The first kappa shape index (κ1) is 5.35. The zero-order chi connectivity index (χ0) is 6.15. The average molecular weight is 111 g/mol. The molecule has 0 bridgehead atoms. The molecule has 8 heavy (non-hydrogen) atoms. The summed E-state index contributed by atoms with van der Waals surface area (Å²) in [6.45, 7) is 7.59. The molecule has 1 aliphatic heterocycles. The Kier molecular flexibility index (Phi) is 1.08. The average Bonchev–Trinajstić information content (AvgIpc) is 1.98. The summed E-state index contributed by atoms with van der Waals surface area (Å²) < 4.78 is 0. The minimum atomic E-state index is 0.0926. The summed E-state index contributed by atoms with van der Waals surface area (Å²) in [4.78, 5) is 4.87. The highest BCUT2D eigenvalue weighted by Gasteiger charge is 2.16. The van der Waals surface area contributed by atoms with Gasteiger partial charge in [0.05, 0.1) is 5.71 Å². The highest BCUT2D eigenvalue weighted by atomic mass is 16.6. The van der Waals surface area contributed by atoms with Gasteiger partial charge in [-0.05, 0) is 13.8 Å². The molecule has 0 spiro atoms. The largest absolute Gasteiger partial charge is 0.388 e. The Morgan fingerprint density at radius 3 is 2.50 bits per heavy atom. The van der Waals surface area contributed by atoms with E-state index in [-0.39, 0.29) is 6.10 Å². The molecule has 0 N–H and O–H groups in total. The topological polar surface area (TPSA) is 21.6 Å². The monoisotopic (exact) mass is 111 g/mol. The molecule has 0 fully saturated rings. The van der Waals surface area contributed by atoms with Crippen molar-refractivity contribution in [3.63, 3.8) is 0 Å². The van der Waals surface area contributed by atoms with E-state index in [0.29, 0.717) is 0 Å². The second kappa shape index (κ2) is 1.62. The molecule has 2 heteroatoms. The number of rotatable bonds is 0. The van der Waals surface area contributed by atoms with Gasteiger partial charge in [0, 0.05) is 5.57 Å². The number of nitrogens with zero attached hydrogens (tertiary/aromatic N) is 1. The molecule has 1 unspecified atom stereocenters. The maximum atomic E-state index is 4.87. The van der Waals surface area contributed by atoms with Crippen LogP contribution < -0.4 is 0 Å². The summed E-state index contributed by atoms with van der Waals surface area (Å²) in [5, 5.41) is 3.72. The number of hydrogen-bond acceptors (Lipinski definition) is 2. The second-order valence-corrected chi connectivity index (χ2v) is 1.95. The molecule has 1 aliphatic rings. The van der Waals surface area contributed by atoms with Crippen LogP contribution in [0.1, 0.15) is 13.8 Å². The van der Waals surface area contributed by atoms with Crippen LogP contribution in [-0.2, 0) is 4.84 Å². The van der Waals surface area contributed by atoms with E-state index in [4.69, 9.17) is 4.84 Å². The lowest BCUT2D eigenvalue weighted by molar-refractivity contribution is 0.118. The van der Waals surface area contributed by atoms with Gasteiger partial charge in [0.1, 0.15) is 0 Å². The third-order valence-electron chi connectivity index (χ3n) is 1.30. The highest BCUT2D eigenvalue weighted by Crippen LogP contribution is 2.13. The van der Waals surface area contributed by atoms with Gasteiger partial charge in [0.15, 0.2) is 6.10 Å². The normalized spacial score (nSPS) is 27.5. The van der Waals surface area contributed by atoms with Crippen molar-refractivity contribution >= 4 is 5.71 Å². The maximum absolute atomic E-state index is 4.87. The van der Waals surface area contributed by atoms with Crippen LogP contribution in [0.25, 0.3) is 0 Å². The molecule has 0 amide bonds. The fourth-order valence-electron chi connectivity index (χ4n) is 0.575. The molecular formula is C6H9NO. The van der Waals surface area contributed by atoms with Gasteiger partial charge in [0.25, 0.3) is 0 Å². The minimum Gasteiger partial charge on any atom is -0.388 e. The Morgan fingerprint density at radius 2 is 2.38 bits per heavy atom. The van der Waals surface area contributed by atoms with Crippen molar-refractivity contribution in [2.75, 3.05) is 0 Å². The van der Waals surface area contributed by atoms with Crippen molar-refractivity contribution in [1.29, 1.82) is 0 Å². The van der Waals surface area contributed by atoms with E-state index >= 15 is 0 Å². The van der Waals surface area contributed by atoms with E-state index in [1.54, 1.807) is 0 Å². The molecular weight excluding hydrogens is 102 g/mol. The molecule has 0 aromatic heterocycles. The predicted molar refractivity (Wildman–Crippen MR) is 32.8 cm³/mol. The Bertz CT molecular complexity index is 149. The Morgan fingerprint density at radius 1 is 1.75 bits per heavy atom. The third kappa shape index (κ3) is 0.619. The van der Waals surface area contributed by atoms with E-state index in [0.717, 1.165) is 11.3 Å². The summed E-state index contributed by atoms with van der Waals surface area (Å²) in [6, 6.07) is 0. The highest BCUT2D eigenvalue weighted by molar-refractivity contribution is 5.99. The van der Waals surface area contributed by atoms with E-state index < -0.39 is 0 Å². The Hall–Kier alpha value is -0.790. The van der Waals surface area contributed by atoms with E-state index in [1.165, 1.54) is 0 Å². The van der Waals surface area contributed by atoms with Crippen LogP contribution in [0.2, 0.25) is 0 Å². The van der Waals surface area contributed by atoms with Crippen LogP contribution in [-0.4, -0.2) is 11.8 Å². The van der Waals surface area contributed by atoms with Crippen LogP contribution in [0.4, 0.5) is 0 Å². The fourth-order valence-corrected chi connectivity index (χ4v) is 0.575. The van der Waals surface area contributed by atoms with Crippen molar-refractivity contribution in [2.24, 2.45) is 5.16 Å². The van der Waals surface area contributed by atoms with Crippen molar-refractivity contribution < 1.29 is 4.84 Å². The SMILES string of the molecule is C=C1C(C)=NOC1C. The van der Waals surface area contributed by atoms with Crippen LogP contribution in [0, 0.1) is 0 Å². The molecule has 1 heterocycles. The molecule has 0 aliphatic carbocycles. The van der Waals surface area contributed by atoms with E-state index in [2.05, 4.69) is 11.7 Å². The minimum absolute atomic E-state index is 0.0926. The molecule has 0 saturated carbocycles. The second-order valence-electron chi connectivity index (χ2n) is 1.95. The smallest absolute Gasteiger partial charge is 0.151 e. The third-order valence-corrected chi connectivity index (χ3v) is 1.30. The first-order chi connectivity index (χ1) is 3.72. The van der Waals surface area contributed by atoms with Crippen molar-refractivity contribution in [3.8, 4) is 0 Å². The van der Waals surface area contributed by atoms with E-state index in [1.807, 2.05) is 13.8 Å². The van der Waals surface area contributed by atoms with Crippen molar-refractivity contribution in [1.82, 2.24) is 0 Å². The van der Waals surface area contributed by atoms with Gasteiger partial charge in [-0.2, -0.15) is 0 Å². The van der Waals surface area contributed by atoms with Crippen molar-refractivity contribution in [3.05, 3.63) is 12.2 Å². The van der Waals surface area contributed by atoms with Gasteiger partial charge in [-0.3, -0.25) is 0 Å². The summed E-state index contributed by atoms with van der Waals surface area (Å²) in [7, 11) is 0. The molecule has 0 saturated heterocycles. The standard InChI is InChI=1S/C6H9NO/c1-4-5(2)7-8-6(4)3/h6H,1H2,2-3H3. The molecule has 0 radical (unpaired) electrons. The van der Waals surface area contributed by atoms with Gasteiger partial charge in [-0.15, -0.1) is 0 Å². The maximum Gasteiger partial charge on any atom is 0.151 e. The first-order valence-corrected chi connectivity index (χ1v) is 2.61. The summed E-state index contributed by atoms with van der Waals surface area (Å²) in [5.41, 5.74) is 1.91. The molecule has 0 aromatic carbocycles. The van der Waals surface area contributed by atoms with Crippen LogP contribution in [0.15, 0.2) is 17.3 Å². The van der Waals surface area contributed by atoms with Gasteiger partial charge in [0.2, 0.25) is 0 Å². The zero-order valence-electron chi connectivity index (χ0n) is 5.14. The summed E-state index contributed by atoms with van der Waals surface area (Å²) in [5.74, 6) is 0. The van der Waals surface area contributed by atoms with Gasteiger partial charge >= 0.3 is 0 Å². The van der Waals surface area contributed by atoms with E-state index in [9.17, 15) is 0 Å². The molecule has 1 atom stereocenters. The van der Waals surface area contributed by atoms with Crippen LogP contribution in [0.5, 0.6) is 0 Å². The molecule has 2 nitrogen and oxygen atoms in total. The van der Waals surface area contributed by atoms with Gasteiger partial charge in [-0.25, -0.2) is 0 Å². The van der Waals surface area contributed by atoms with Crippen molar-refractivity contribution in [2.45, 2.75) is 20.0 Å². The van der Waals surface area contributed by atoms with Gasteiger partial charge < -0.3 is 4.84 Å². The summed E-state index contributed by atoms with van der Waals surface area (Å²) >= 11 is 0. The van der Waals surface area contributed by atoms with Gasteiger partial charge in [-0.1, -0.05) is 11.7 Å². The Balaban J connectivity index is 2.73. The van der Waals surface area contributed by atoms with Crippen LogP contribution in [0.3, 0.4) is 0 Å². The predicted octanol–water partition coefficient (Wildman–Crippen LogP) is 1.34. The fraction of sp³-hybridized carbons (Fsp3) is 0.500. The zero-order valence-corrected chi connectivity index (χ0v) is 5.14. The Labute approximate surface area is 48.8 Å². The number of hydrogen-bond donors (Lipinski definition) is 0. The molecule has 1 rings (SSSR count). The lowest BCUT2D eigenvalue weighted by atomic mass is 10.1.